The number of hydrogen-bond acceptors (Lipinski definition) is 7. The number of carbonyl (C=O) groups is 3. The van der Waals surface area contributed by atoms with Gasteiger partial charge in [0.2, 0.25) is 5.71 Å². The average molecular weight is 462 g/mol. The standard InChI is InChI=1S/C19H13Cl2N5O5/c20-13-5-10(25-26-15(8-22)18(28)24-19(29)30)6-14(21)16(13)31-11-2-1-9-3-4-23-17(27)12(9)7-11/h1-2,5-7,25H,3-4H2,(H,23,27)(H,24,28)(H,29,30)/b26-15+. The van der Waals surface area contributed by atoms with E-state index in [0.717, 1.165) is 12.0 Å². The highest BCUT2D eigenvalue weighted by atomic mass is 35.5. The second kappa shape index (κ2) is 9.34. The largest absolute Gasteiger partial charge is 0.465 e. The highest BCUT2D eigenvalue weighted by molar-refractivity contribution is 6.46. The lowest BCUT2D eigenvalue weighted by molar-refractivity contribution is -0.114. The van der Waals surface area contributed by atoms with Gasteiger partial charge in [0.25, 0.3) is 11.8 Å². The highest BCUT2D eigenvalue weighted by Crippen LogP contribution is 2.39. The van der Waals surface area contributed by atoms with Gasteiger partial charge >= 0.3 is 6.09 Å². The molecule has 2 aromatic rings. The number of carbonyl (C=O) groups excluding carboxylic acids is 2. The first-order valence-corrected chi connectivity index (χ1v) is 9.40. The number of hydrazone groups is 1. The molecule has 0 spiro atoms. The van der Waals surface area contributed by atoms with E-state index >= 15 is 0 Å². The minimum absolute atomic E-state index is 0.0841. The molecule has 0 unspecified atom stereocenters. The first kappa shape index (κ1) is 21.9. The average Bonchev–Trinajstić information content (AvgIpc) is 2.71. The van der Waals surface area contributed by atoms with Crippen LogP contribution in [0.4, 0.5) is 10.5 Å². The van der Waals surface area contributed by atoms with Crippen molar-refractivity contribution in [3.05, 3.63) is 51.5 Å². The SMILES string of the molecule is N#C/C(=N\Nc1cc(Cl)c(Oc2ccc3c(c2)C(=O)NCC3)c(Cl)c1)C(=O)NC(=O)O. The molecular formula is C19H13Cl2N5O5. The topological polar surface area (TPSA) is 153 Å². The van der Waals surface area contributed by atoms with Gasteiger partial charge in [-0.1, -0.05) is 29.3 Å². The Bertz CT molecular complexity index is 1140. The van der Waals surface area contributed by atoms with E-state index < -0.39 is 17.7 Å². The highest BCUT2D eigenvalue weighted by Gasteiger charge is 2.19. The quantitative estimate of drug-likeness (QED) is 0.393. The molecule has 0 saturated carbocycles. The maximum absolute atomic E-state index is 12.0. The summed E-state index contributed by atoms with van der Waals surface area (Å²) < 4.78 is 5.75. The summed E-state index contributed by atoms with van der Waals surface area (Å²) in [5.41, 5.74) is 3.31. The first-order chi connectivity index (χ1) is 14.8. The van der Waals surface area contributed by atoms with Gasteiger partial charge in [0.15, 0.2) is 5.75 Å². The molecule has 2 aromatic carbocycles. The number of halogens is 2. The van der Waals surface area contributed by atoms with Crippen LogP contribution in [0.2, 0.25) is 10.0 Å². The predicted octanol–water partition coefficient (Wildman–Crippen LogP) is 3.16. The number of amides is 3. The molecule has 158 valence electrons. The zero-order chi connectivity index (χ0) is 22.5. The number of anilines is 1. The molecule has 3 rings (SSSR count). The molecule has 1 aliphatic rings. The molecule has 12 heteroatoms. The molecule has 4 N–H and O–H groups in total. The van der Waals surface area contributed by atoms with Crippen LogP contribution in [0.3, 0.4) is 0 Å². The van der Waals surface area contributed by atoms with Gasteiger partial charge in [0.1, 0.15) is 11.8 Å². The Morgan fingerprint density at radius 2 is 1.94 bits per heavy atom. The lowest BCUT2D eigenvalue weighted by Gasteiger charge is -2.18. The maximum atomic E-state index is 12.0. The van der Waals surface area contributed by atoms with Crippen molar-refractivity contribution < 1.29 is 24.2 Å². The molecule has 10 nitrogen and oxygen atoms in total. The zero-order valence-corrected chi connectivity index (χ0v) is 17.0. The molecule has 0 saturated heterocycles. The monoisotopic (exact) mass is 461 g/mol. The molecule has 0 radical (unpaired) electrons. The van der Waals surface area contributed by atoms with Crippen LogP contribution in [0.25, 0.3) is 0 Å². The van der Waals surface area contributed by atoms with Crippen LogP contribution in [0.5, 0.6) is 11.5 Å². The van der Waals surface area contributed by atoms with Gasteiger partial charge in [-0.2, -0.15) is 10.4 Å². The van der Waals surface area contributed by atoms with Gasteiger partial charge in [-0.3, -0.25) is 20.3 Å². The van der Waals surface area contributed by atoms with Crippen molar-refractivity contribution in [3.8, 4) is 17.6 Å². The molecule has 1 heterocycles. The first-order valence-electron chi connectivity index (χ1n) is 8.64. The molecule has 0 bridgehead atoms. The molecule has 1 aliphatic heterocycles. The Labute approximate surface area is 185 Å². The predicted molar refractivity (Wildman–Crippen MR) is 112 cm³/mol. The lowest BCUT2D eigenvalue weighted by atomic mass is 10.0. The Balaban J connectivity index is 1.80. The van der Waals surface area contributed by atoms with Crippen molar-refractivity contribution >= 4 is 52.5 Å². The van der Waals surface area contributed by atoms with Crippen LogP contribution >= 0.6 is 23.2 Å². The van der Waals surface area contributed by atoms with Gasteiger partial charge in [-0.25, -0.2) is 4.79 Å². The van der Waals surface area contributed by atoms with Crippen molar-refractivity contribution in [1.29, 1.82) is 5.26 Å². The lowest BCUT2D eigenvalue weighted by Crippen LogP contribution is -2.34. The number of nitrogens with zero attached hydrogens (tertiary/aromatic N) is 2. The smallest absolute Gasteiger partial charge is 0.411 e. The van der Waals surface area contributed by atoms with E-state index in [1.807, 2.05) is 0 Å². The molecule has 0 aliphatic carbocycles. The van der Waals surface area contributed by atoms with Crippen molar-refractivity contribution in [1.82, 2.24) is 10.6 Å². The van der Waals surface area contributed by atoms with Crippen LogP contribution < -0.4 is 20.8 Å². The van der Waals surface area contributed by atoms with E-state index in [4.69, 9.17) is 38.3 Å². The number of fused-ring (bicyclic) bond motifs is 1. The van der Waals surface area contributed by atoms with E-state index in [-0.39, 0.29) is 27.4 Å². The normalized spacial score (nSPS) is 12.8. The number of nitriles is 1. The van der Waals surface area contributed by atoms with Crippen LogP contribution in [-0.2, 0) is 11.2 Å². The summed E-state index contributed by atoms with van der Waals surface area (Å²) in [5.74, 6) is -0.911. The zero-order valence-electron chi connectivity index (χ0n) is 15.5. The Morgan fingerprint density at radius 1 is 1.23 bits per heavy atom. The fourth-order valence-corrected chi connectivity index (χ4v) is 3.26. The van der Waals surface area contributed by atoms with Gasteiger partial charge in [-0.05, 0) is 36.2 Å². The second-order valence-corrected chi connectivity index (χ2v) is 6.95. The third-order valence-electron chi connectivity index (χ3n) is 4.06. The summed E-state index contributed by atoms with van der Waals surface area (Å²) in [6.45, 7) is 0.576. The van der Waals surface area contributed by atoms with Crippen LogP contribution in [0, 0.1) is 11.3 Å². The van der Waals surface area contributed by atoms with E-state index in [1.165, 1.54) is 23.5 Å². The van der Waals surface area contributed by atoms with Gasteiger partial charge in [-0.15, -0.1) is 0 Å². The maximum Gasteiger partial charge on any atom is 0.411 e. The number of imide groups is 1. The minimum atomic E-state index is -1.62. The summed E-state index contributed by atoms with van der Waals surface area (Å²) in [6.07, 6.45) is -0.904. The minimum Gasteiger partial charge on any atom is -0.465 e. The summed E-state index contributed by atoms with van der Waals surface area (Å²) in [7, 11) is 0. The van der Waals surface area contributed by atoms with Crippen LogP contribution in [0.15, 0.2) is 35.4 Å². The number of rotatable bonds is 5. The summed E-state index contributed by atoms with van der Waals surface area (Å²) in [5, 5.41) is 25.4. The Hall–Kier alpha value is -3.81. The van der Waals surface area contributed by atoms with E-state index in [0.29, 0.717) is 17.9 Å². The van der Waals surface area contributed by atoms with Crippen LogP contribution in [0.1, 0.15) is 15.9 Å². The number of benzene rings is 2. The third kappa shape index (κ3) is 5.22. The number of nitrogens with one attached hydrogen (secondary N) is 3. The summed E-state index contributed by atoms with van der Waals surface area (Å²) in [4.78, 5) is 34.0. The van der Waals surface area contributed by atoms with E-state index in [1.54, 1.807) is 18.2 Å². The molecule has 31 heavy (non-hydrogen) atoms. The van der Waals surface area contributed by atoms with Gasteiger partial charge in [0, 0.05) is 12.1 Å². The number of hydrogen-bond donors (Lipinski definition) is 4. The van der Waals surface area contributed by atoms with Gasteiger partial charge in [0.05, 0.1) is 15.7 Å². The van der Waals surface area contributed by atoms with Crippen molar-refractivity contribution in [3.63, 3.8) is 0 Å². The fourth-order valence-electron chi connectivity index (χ4n) is 2.70. The second-order valence-electron chi connectivity index (χ2n) is 6.14. The molecule has 0 aromatic heterocycles. The molecule has 3 amide bonds. The Morgan fingerprint density at radius 3 is 2.58 bits per heavy atom. The summed E-state index contributed by atoms with van der Waals surface area (Å²) in [6, 6.07) is 9.30. The summed E-state index contributed by atoms with van der Waals surface area (Å²) >= 11 is 12.5. The Kier molecular flexibility index (Phi) is 6.59. The van der Waals surface area contributed by atoms with E-state index in [9.17, 15) is 14.4 Å². The number of ether oxygens (including phenoxy) is 1. The molecular weight excluding hydrogens is 449 g/mol. The molecule has 0 fully saturated rings. The molecule has 0 atom stereocenters. The van der Waals surface area contributed by atoms with Crippen molar-refractivity contribution in [2.24, 2.45) is 5.10 Å². The van der Waals surface area contributed by atoms with E-state index in [2.05, 4.69) is 15.8 Å². The van der Waals surface area contributed by atoms with Crippen LogP contribution in [-0.4, -0.2) is 35.3 Å². The fraction of sp³-hybridized carbons (Fsp3) is 0.105. The van der Waals surface area contributed by atoms with Crippen molar-refractivity contribution in [2.75, 3.05) is 12.0 Å². The third-order valence-corrected chi connectivity index (χ3v) is 4.62. The van der Waals surface area contributed by atoms with Gasteiger partial charge < -0.3 is 15.2 Å². The number of carboxylic acid groups (broad SMARTS) is 1. The van der Waals surface area contributed by atoms with Crippen molar-refractivity contribution in [2.45, 2.75) is 6.42 Å².